The molecular formula is C16H22N2O2S. The Balaban J connectivity index is 1.81. The van der Waals surface area contributed by atoms with Crippen LogP contribution in [0.1, 0.15) is 49.5 Å². The van der Waals surface area contributed by atoms with Crippen molar-refractivity contribution in [1.29, 1.82) is 0 Å². The number of hydrogen-bond donors (Lipinski definition) is 1. The molecule has 4 nitrogen and oxygen atoms in total. The number of piperazine rings is 1. The molecule has 2 heterocycles. The Labute approximate surface area is 129 Å². The van der Waals surface area contributed by atoms with Crippen molar-refractivity contribution in [2.75, 3.05) is 6.54 Å². The van der Waals surface area contributed by atoms with Crippen molar-refractivity contribution in [1.82, 2.24) is 10.2 Å². The van der Waals surface area contributed by atoms with Crippen LogP contribution in [0.3, 0.4) is 0 Å². The van der Waals surface area contributed by atoms with Crippen molar-refractivity contribution in [2.45, 2.75) is 57.5 Å². The van der Waals surface area contributed by atoms with Gasteiger partial charge in [-0.15, -0.1) is 11.3 Å². The van der Waals surface area contributed by atoms with Crippen LogP contribution in [0.2, 0.25) is 0 Å². The minimum absolute atomic E-state index is 0.00824. The van der Waals surface area contributed by atoms with E-state index < -0.39 is 5.54 Å². The number of aryl methyl sites for hydroxylation is 1. The van der Waals surface area contributed by atoms with Crippen LogP contribution < -0.4 is 5.32 Å². The fourth-order valence-corrected chi connectivity index (χ4v) is 4.51. The Morgan fingerprint density at radius 1 is 1.29 bits per heavy atom. The summed E-state index contributed by atoms with van der Waals surface area (Å²) in [6.07, 6.45) is 5.77. The molecule has 2 aliphatic rings. The third-order valence-electron chi connectivity index (χ3n) is 4.67. The highest BCUT2D eigenvalue weighted by atomic mass is 32.1. The van der Waals surface area contributed by atoms with Gasteiger partial charge in [0.15, 0.2) is 0 Å². The molecule has 1 N–H and O–H groups in total. The number of amides is 2. The van der Waals surface area contributed by atoms with Gasteiger partial charge in [0.1, 0.15) is 12.1 Å². The molecule has 5 heteroatoms. The molecular weight excluding hydrogens is 284 g/mol. The van der Waals surface area contributed by atoms with E-state index in [1.54, 1.807) is 16.2 Å². The van der Waals surface area contributed by atoms with Crippen molar-refractivity contribution in [3.05, 3.63) is 21.9 Å². The van der Waals surface area contributed by atoms with E-state index in [1.807, 2.05) is 0 Å². The van der Waals surface area contributed by atoms with E-state index in [2.05, 4.69) is 23.7 Å². The van der Waals surface area contributed by atoms with Crippen LogP contribution in [-0.4, -0.2) is 28.8 Å². The second kappa shape index (κ2) is 5.79. The second-order valence-corrected chi connectivity index (χ2v) is 7.08. The van der Waals surface area contributed by atoms with Crippen molar-refractivity contribution >= 4 is 23.2 Å². The van der Waals surface area contributed by atoms with Crippen LogP contribution in [0, 0.1) is 0 Å². The summed E-state index contributed by atoms with van der Waals surface area (Å²) in [4.78, 5) is 27.9. The molecule has 0 aromatic carbocycles. The third-order valence-corrected chi connectivity index (χ3v) is 5.62. The predicted molar refractivity (Wildman–Crippen MR) is 83.1 cm³/mol. The lowest BCUT2D eigenvalue weighted by Gasteiger charge is -2.44. The van der Waals surface area contributed by atoms with Crippen molar-refractivity contribution < 1.29 is 9.59 Å². The van der Waals surface area contributed by atoms with Crippen molar-refractivity contribution in [2.24, 2.45) is 0 Å². The van der Waals surface area contributed by atoms with Gasteiger partial charge in [0, 0.05) is 4.88 Å². The number of rotatable bonds is 3. The zero-order valence-electron chi connectivity index (χ0n) is 12.5. The van der Waals surface area contributed by atoms with Crippen LogP contribution >= 0.6 is 11.3 Å². The number of carbonyl (C=O) groups is 2. The molecule has 2 amide bonds. The average Bonchev–Trinajstić information content (AvgIpc) is 2.92. The summed E-state index contributed by atoms with van der Waals surface area (Å²) in [5.41, 5.74) is 0.675. The Bertz CT molecular complexity index is 546. The maximum absolute atomic E-state index is 12.9. The van der Waals surface area contributed by atoms with Crippen LogP contribution in [0.5, 0.6) is 0 Å². The molecule has 114 valence electrons. The summed E-state index contributed by atoms with van der Waals surface area (Å²) < 4.78 is 0. The van der Waals surface area contributed by atoms with Gasteiger partial charge in [0.05, 0.1) is 6.54 Å². The van der Waals surface area contributed by atoms with E-state index in [9.17, 15) is 9.59 Å². The Hall–Kier alpha value is -1.36. The molecule has 0 atom stereocenters. The van der Waals surface area contributed by atoms with Gasteiger partial charge in [-0.25, -0.2) is 0 Å². The molecule has 21 heavy (non-hydrogen) atoms. The molecule has 1 saturated heterocycles. The lowest BCUT2D eigenvalue weighted by atomic mass is 9.79. The topological polar surface area (TPSA) is 49.4 Å². The van der Waals surface area contributed by atoms with Crippen molar-refractivity contribution in [3.63, 3.8) is 0 Å². The molecule has 0 radical (unpaired) electrons. The summed E-state index contributed by atoms with van der Waals surface area (Å²) in [6.45, 7) is 2.90. The Morgan fingerprint density at radius 2 is 2.05 bits per heavy atom. The first-order valence-corrected chi connectivity index (χ1v) is 8.68. The third kappa shape index (κ3) is 2.71. The number of hydrogen-bond acceptors (Lipinski definition) is 3. The monoisotopic (exact) mass is 306 g/mol. The van der Waals surface area contributed by atoms with E-state index in [1.165, 1.54) is 10.4 Å². The number of carbonyl (C=O) groups excluding carboxylic acids is 2. The van der Waals surface area contributed by atoms with E-state index >= 15 is 0 Å². The zero-order valence-corrected chi connectivity index (χ0v) is 13.3. The van der Waals surface area contributed by atoms with E-state index in [4.69, 9.17) is 0 Å². The fourth-order valence-electron chi connectivity index (χ4n) is 3.52. The van der Waals surface area contributed by atoms with Gasteiger partial charge in [0.2, 0.25) is 11.8 Å². The van der Waals surface area contributed by atoms with Gasteiger partial charge in [0.25, 0.3) is 0 Å². The summed E-state index contributed by atoms with van der Waals surface area (Å²) in [5, 5.41) is 5.06. The summed E-state index contributed by atoms with van der Waals surface area (Å²) in [6, 6.07) is 2.12. The van der Waals surface area contributed by atoms with Crippen molar-refractivity contribution in [3.8, 4) is 0 Å². The fraction of sp³-hybridized carbons (Fsp3) is 0.625. The molecule has 1 aromatic rings. The van der Waals surface area contributed by atoms with Crippen LogP contribution in [-0.2, 0) is 22.6 Å². The first kappa shape index (κ1) is 14.6. The number of nitrogens with one attached hydrogen (secondary N) is 1. The van der Waals surface area contributed by atoms with Gasteiger partial charge < -0.3 is 10.2 Å². The maximum Gasteiger partial charge on any atom is 0.249 e. The standard InChI is InChI=1S/C16H22N2O2S/c1-2-12-6-9-21-13(12)10-18-11-14(19)17-16(15(18)20)7-4-3-5-8-16/h6,9H,2-5,7-8,10-11H2,1H3,(H,17,19). The van der Waals surface area contributed by atoms with E-state index in [0.29, 0.717) is 6.54 Å². The molecule has 0 bridgehead atoms. The highest BCUT2D eigenvalue weighted by Crippen LogP contribution is 2.33. The molecule has 1 saturated carbocycles. The van der Waals surface area contributed by atoms with Gasteiger partial charge in [-0.3, -0.25) is 9.59 Å². The minimum atomic E-state index is -0.614. The summed E-state index contributed by atoms with van der Waals surface area (Å²) in [5.74, 6) is 0.114. The van der Waals surface area contributed by atoms with Gasteiger partial charge in [-0.2, -0.15) is 0 Å². The minimum Gasteiger partial charge on any atom is -0.340 e. The summed E-state index contributed by atoms with van der Waals surface area (Å²) in [7, 11) is 0. The second-order valence-electron chi connectivity index (χ2n) is 6.07. The first-order valence-electron chi connectivity index (χ1n) is 7.80. The largest absolute Gasteiger partial charge is 0.340 e. The molecule has 1 spiro atoms. The molecule has 3 rings (SSSR count). The van der Waals surface area contributed by atoms with Gasteiger partial charge >= 0.3 is 0 Å². The predicted octanol–water partition coefficient (Wildman–Crippen LogP) is 2.47. The molecule has 1 aliphatic heterocycles. The zero-order chi connectivity index (χ0) is 14.9. The highest BCUT2D eigenvalue weighted by Gasteiger charge is 2.46. The molecule has 0 unspecified atom stereocenters. The molecule has 2 fully saturated rings. The smallest absolute Gasteiger partial charge is 0.249 e. The number of thiophene rings is 1. The van der Waals surface area contributed by atoms with Crippen LogP contribution in [0.15, 0.2) is 11.4 Å². The van der Waals surface area contributed by atoms with Gasteiger partial charge in [-0.05, 0) is 36.3 Å². The molecule has 1 aliphatic carbocycles. The van der Waals surface area contributed by atoms with E-state index in [0.717, 1.165) is 38.5 Å². The maximum atomic E-state index is 12.9. The Morgan fingerprint density at radius 3 is 2.76 bits per heavy atom. The highest BCUT2D eigenvalue weighted by molar-refractivity contribution is 7.10. The quantitative estimate of drug-likeness (QED) is 0.932. The first-order chi connectivity index (χ1) is 10.1. The average molecular weight is 306 g/mol. The van der Waals surface area contributed by atoms with Crippen LogP contribution in [0.25, 0.3) is 0 Å². The summed E-state index contributed by atoms with van der Waals surface area (Å²) >= 11 is 1.68. The normalized spacial score (nSPS) is 21.7. The SMILES string of the molecule is CCc1ccsc1CN1CC(=O)NC2(CCCCC2)C1=O. The van der Waals surface area contributed by atoms with E-state index in [-0.39, 0.29) is 18.4 Å². The van der Waals surface area contributed by atoms with Gasteiger partial charge in [-0.1, -0.05) is 26.2 Å². The lowest BCUT2D eigenvalue weighted by molar-refractivity contribution is -0.152. The molecule has 1 aromatic heterocycles. The Kier molecular flexibility index (Phi) is 4.02. The number of nitrogens with zero attached hydrogens (tertiary/aromatic N) is 1. The van der Waals surface area contributed by atoms with Crippen LogP contribution in [0.4, 0.5) is 0 Å². The lowest BCUT2D eigenvalue weighted by Crippen LogP contribution is -2.66.